The summed E-state index contributed by atoms with van der Waals surface area (Å²) in [6.45, 7) is 2.03. The number of rotatable bonds is 5. The molecule has 5 rings (SSSR count). The van der Waals surface area contributed by atoms with Gasteiger partial charge in [0.2, 0.25) is 0 Å². The number of aromatic amines is 1. The summed E-state index contributed by atoms with van der Waals surface area (Å²) in [5.41, 5.74) is 6.07. The van der Waals surface area contributed by atoms with Gasteiger partial charge in [0.1, 0.15) is 17.1 Å². The van der Waals surface area contributed by atoms with Crippen LogP contribution in [0.25, 0.3) is 28.2 Å². The first-order chi connectivity index (χ1) is 15.6. The van der Waals surface area contributed by atoms with Crippen LogP contribution in [0, 0.1) is 6.92 Å². The first-order valence-corrected chi connectivity index (χ1v) is 10.2. The molecule has 2 N–H and O–H groups in total. The Hall–Kier alpha value is -4.39. The lowest BCUT2D eigenvalue weighted by atomic mass is 10.1. The third kappa shape index (κ3) is 3.50. The van der Waals surface area contributed by atoms with Gasteiger partial charge in [-0.3, -0.25) is 9.89 Å². The number of hydrogen-bond acceptors (Lipinski definition) is 4. The second-order valence-corrected chi connectivity index (χ2v) is 7.42. The lowest BCUT2D eigenvalue weighted by Gasteiger charge is -2.08. The zero-order chi connectivity index (χ0) is 22.1. The number of nitrogens with zero attached hydrogens (tertiary/aromatic N) is 3. The molecule has 0 saturated carbocycles. The van der Waals surface area contributed by atoms with Crippen LogP contribution >= 0.6 is 0 Å². The van der Waals surface area contributed by atoms with Gasteiger partial charge in [-0.25, -0.2) is 4.98 Å². The molecular formula is C25H21N5O2. The minimum atomic E-state index is -0.286. The van der Waals surface area contributed by atoms with E-state index in [1.807, 2.05) is 84.4 Å². The van der Waals surface area contributed by atoms with Crippen molar-refractivity contribution in [3.63, 3.8) is 0 Å². The number of carbonyl (C=O) groups is 1. The highest BCUT2D eigenvalue weighted by Crippen LogP contribution is 2.30. The van der Waals surface area contributed by atoms with Crippen LogP contribution in [0.15, 0.2) is 79.1 Å². The summed E-state index contributed by atoms with van der Waals surface area (Å²) in [4.78, 5) is 17.7. The number of pyridine rings is 1. The fourth-order valence-electron chi connectivity index (χ4n) is 3.72. The number of carbonyl (C=O) groups excluding carboxylic acids is 1. The standard InChI is InChI=1S/C25H21N5O2/c1-16-8-7-13-30-15-22(26-24(16)30)17-9-3-5-11-19(17)27-25(31)21-14-20(28-29-21)18-10-4-6-12-23(18)32-2/h3-15H,1-2H3,(H,27,31)(H,28,29). The molecule has 7 nitrogen and oxygen atoms in total. The van der Waals surface area contributed by atoms with Gasteiger partial charge in [-0.1, -0.05) is 36.4 Å². The van der Waals surface area contributed by atoms with Crippen LogP contribution < -0.4 is 10.1 Å². The summed E-state index contributed by atoms with van der Waals surface area (Å²) in [7, 11) is 1.61. The monoisotopic (exact) mass is 423 g/mol. The van der Waals surface area contributed by atoms with Crippen LogP contribution in [-0.4, -0.2) is 32.6 Å². The third-order valence-electron chi connectivity index (χ3n) is 5.33. The van der Waals surface area contributed by atoms with Gasteiger partial charge in [0.05, 0.1) is 24.2 Å². The van der Waals surface area contributed by atoms with Crippen molar-refractivity contribution in [2.45, 2.75) is 6.92 Å². The van der Waals surface area contributed by atoms with Gasteiger partial charge in [-0.2, -0.15) is 5.10 Å². The fraction of sp³-hybridized carbons (Fsp3) is 0.0800. The zero-order valence-electron chi connectivity index (χ0n) is 17.7. The van der Waals surface area contributed by atoms with Crippen molar-refractivity contribution >= 4 is 17.2 Å². The number of imidazole rings is 1. The number of benzene rings is 2. The van der Waals surface area contributed by atoms with Crippen LogP contribution in [0.3, 0.4) is 0 Å². The summed E-state index contributed by atoms with van der Waals surface area (Å²) >= 11 is 0. The van der Waals surface area contributed by atoms with E-state index in [1.165, 1.54) is 0 Å². The largest absolute Gasteiger partial charge is 0.496 e. The average molecular weight is 423 g/mol. The van der Waals surface area contributed by atoms with E-state index in [9.17, 15) is 4.79 Å². The quantitative estimate of drug-likeness (QED) is 0.418. The van der Waals surface area contributed by atoms with E-state index in [1.54, 1.807) is 13.2 Å². The predicted molar refractivity (Wildman–Crippen MR) is 124 cm³/mol. The number of nitrogens with one attached hydrogen (secondary N) is 2. The maximum absolute atomic E-state index is 13.0. The molecule has 0 fully saturated rings. The van der Waals surface area contributed by atoms with Crippen LogP contribution in [0.4, 0.5) is 5.69 Å². The van der Waals surface area contributed by atoms with Crippen molar-refractivity contribution < 1.29 is 9.53 Å². The maximum Gasteiger partial charge on any atom is 0.273 e. The van der Waals surface area contributed by atoms with Gasteiger partial charge < -0.3 is 14.5 Å². The number of amides is 1. The van der Waals surface area contributed by atoms with E-state index in [0.717, 1.165) is 28.0 Å². The van der Waals surface area contributed by atoms with E-state index < -0.39 is 0 Å². The van der Waals surface area contributed by atoms with Gasteiger partial charge in [-0.15, -0.1) is 0 Å². The number of H-pyrrole nitrogens is 1. The van der Waals surface area contributed by atoms with Crippen LogP contribution in [0.2, 0.25) is 0 Å². The van der Waals surface area contributed by atoms with Gasteiger partial charge in [-0.05, 0) is 42.8 Å². The Balaban J connectivity index is 1.45. The molecule has 2 aromatic carbocycles. The number of methoxy groups -OCH3 is 1. The average Bonchev–Trinajstić information content (AvgIpc) is 3.48. The molecule has 5 aromatic rings. The van der Waals surface area contributed by atoms with Crippen LogP contribution in [0.5, 0.6) is 5.75 Å². The molecule has 0 spiro atoms. The van der Waals surface area contributed by atoms with Crippen molar-refractivity contribution in [1.29, 1.82) is 0 Å². The number of fused-ring (bicyclic) bond motifs is 1. The van der Waals surface area contributed by atoms with E-state index in [0.29, 0.717) is 22.8 Å². The smallest absolute Gasteiger partial charge is 0.273 e. The molecule has 0 bridgehead atoms. The Morgan fingerprint density at radius 3 is 2.59 bits per heavy atom. The predicted octanol–water partition coefficient (Wildman–Crippen LogP) is 4.96. The Morgan fingerprint density at radius 1 is 1.00 bits per heavy atom. The Morgan fingerprint density at radius 2 is 1.78 bits per heavy atom. The van der Waals surface area contributed by atoms with Crippen molar-refractivity contribution in [2.75, 3.05) is 12.4 Å². The number of ether oxygens (including phenoxy) is 1. The molecule has 3 heterocycles. The maximum atomic E-state index is 13.0. The van der Waals surface area contributed by atoms with Crippen molar-refractivity contribution in [3.05, 3.63) is 90.4 Å². The highest BCUT2D eigenvalue weighted by Gasteiger charge is 2.16. The lowest BCUT2D eigenvalue weighted by molar-refractivity contribution is 0.102. The molecule has 32 heavy (non-hydrogen) atoms. The molecule has 1 amide bonds. The molecule has 0 aliphatic heterocycles. The molecule has 0 atom stereocenters. The number of para-hydroxylation sites is 2. The zero-order valence-corrected chi connectivity index (χ0v) is 17.7. The highest BCUT2D eigenvalue weighted by molar-refractivity contribution is 6.05. The number of anilines is 1. The molecule has 0 radical (unpaired) electrons. The number of hydrogen-bond donors (Lipinski definition) is 2. The van der Waals surface area contributed by atoms with Gasteiger partial charge in [0, 0.05) is 23.5 Å². The fourth-order valence-corrected chi connectivity index (χ4v) is 3.72. The minimum absolute atomic E-state index is 0.286. The first-order valence-electron chi connectivity index (χ1n) is 10.2. The van der Waals surface area contributed by atoms with Gasteiger partial charge in [0.15, 0.2) is 0 Å². The molecule has 0 aliphatic rings. The molecular weight excluding hydrogens is 402 g/mol. The SMILES string of the molecule is COc1ccccc1-c1cc(C(=O)Nc2ccccc2-c2cn3cccc(C)c3n2)[nH]n1. The summed E-state index contributed by atoms with van der Waals surface area (Å²) in [6, 6.07) is 20.9. The summed E-state index contributed by atoms with van der Waals surface area (Å²) < 4.78 is 7.38. The molecule has 0 aliphatic carbocycles. The van der Waals surface area contributed by atoms with E-state index >= 15 is 0 Å². The summed E-state index contributed by atoms with van der Waals surface area (Å²) in [6.07, 6.45) is 3.92. The van der Waals surface area contributed by atoms with Crippen molar-refractivity contribution in [1.82, 2.24) is 19.6 Å². The summed E-state index contributed by atoms with van der Waals surface area (Å²) in [5, 5.41) is 10.1. The number of aromatic nitrogens is 4. The topological polar surface area (TPSA) is 84.3 Å². The second-order valence-electron chi connectivity index (χ2n) is 7.42. The van der Waals surface area contributed by atoms with E-state index in [4.69, 9.17) is 9.72 Å². The molecule has 7 heteroatoms. The molecule has 0 saturated heterocycles. The molecule has 158 valence electrons. The number of aryl methyl sites for hydroxylation is 1. The van der Waals surface area contributed by atoms with Crippen LogP contribution in [0.1, 0.15) is 16.1 Å². The third-order valence-corrected chi connectivity index (χ3v) is 5.33. The van der Waals surface area contributed by atoms with Gasteiger partial charge >= 0.3 is 0 Å². The summed E-state index contributed by atoms with van der Waals surface area (Å²) in [5.74, 6) is 0.407. The first kappa shape index (κ1) is 19.6. The highest BCUT2D eigenvalue weighted by atomic mass is 16.5. The van der Waals surface area contributed by atoms with Crippen molar-refractivity contribution in [2.24, 2.45) is 0 Å². The van der Waals surface area contributed by atoms with E-state index in [-0.39, 0.29) is 5.91 Å². The van der Waals surface area contributed by atoms with Crippen LogP contribution in [-0.2, 0) is 0 Å². The van der Waals surface area contributed by atoms with Crippen molar-refractivity contribution in [3.8, 4) is 28.3 Å². The molecule has 3 aromatic heterocycles. The second kappa shape index (κ2) is 8.03. The van der Waals surface area contributed by atoms with E-state index in [2.05, 4.69) is 15.5 Å². The molecule has 0 unspecified atom stereocenters. The minimum Gasteiger partial charge on any atom is -0.496 e. The Kier molecular flexibility index (Phi) is 4.91. The Labute approximate surface area is 184 Å². The normalized spacial score (nSPS) is 10.9. The van der Waals surface area contributed by atoms with Gasteiger partial charge in [0.25, 0.3) is 5.91 Å². The Bertz CT molecular complexity index is 1430. The lowest BCUT2D eigenvalue weighted by Crippen LogP contribution is -2.13.